The molecule has 18 heavy (non-hydrogen) atoms. The highest BCUT2D eigenvalue weighted by atomic mass is 79.9. The Morgan fingerprint density at radius 2 is 2.11 bits per heavy atom. The lowest BCUT2D eigenvalue weighted by molar-refractivity contribution is 0.609. The van der Waals surface area contributed by atoms with Crippen molar-refractivity contribution in [3.05, 3.63) is 40.8 Å². The van der Waals surface area contributed by atoms with E-state index in [1.165, 1.54) is 12.1 Å². The zero-order valence-corrected chi connectivity index (χ0v) is 10.6. The van der Waals surface area contributed by atoms with E-state index in [2.05, 4.69) is 25.9 Å². The number of anilines is 1. The second kappa shape index (κ2) is 4.06. The van der Waals surface area contributed by atoms with Crippen molar-refractivity contribution >= 4 is 32.7 Å². The lowest BCUT2D eigenvalue weighted by Crippen LogP contribution is -1.84. The summed E-state index contributed by atoms with van der Waals surface area (Å²) in [6.07, 6.45) is 1.11. The van der Waals surface area contributed by atoms with Gasteiger partial charge in [-0.25, -0.2) is 14.4 Å². The maximum Gasteiger partial charge on any atom is 0.246 e. The van der Waals surface area contributed by atoms with E-state index in [1.807, 2.05) is 0 Å². The minimum atomic E-state index is -0.405. The zero-order valence-electron chi connectivity index (χ0n) is 9.02. The highest BCUT2D eigenvalue weighted by Crippen LogP contribution is 2.29. The third-order valence-electron chi connectivity index (χ3n) is 2.43. The Balaban J connectivity index is 2.19. The van der Waals surface area contributed by atoms with Crippen LogP contribution in [0.15, 0.2) is 39.4 Å². The summed E-state index contributed by atoms with van der Waals surface area (Å²) in [6.45, 7) is 0. The number of benzene rings is 1. The van der Waals surface area contributed by atoms with Crippen molar-refractivity contribution in [3.63, 3.8) is 0 Å². The van der Waals surface area contributed by atoms with Crippen LogP contribution in [0, 0.1) is 5.82 Å². The van der Waals surface area contributed by atoms with Crippen LogP contribution in [0.3, 0.4) is 0 Å². The number of hydrogen-bond acceptors (Lipinski definition) is 4. The lowest BCUT2D eigenvalue weighted by Gasteiger charge is -1.94. The maximum absolute atomic E-state index is 12.8. The van der Waals surface area contributed by atoms with Gasteiger partial charge in [-0.3, -0.25) is 0 Å². The van der Waals surface area contributed by atoms with Gasteiger partial charge >= 0.3 is 0 Å². The first-order valence-electron chi connectivity index (χ1n) is 5.11. The molecule has 3 aromatic rings. The van der Waals surface area contributed by atoms with Crippen LogP contribution in [0.1, 0.15) is 0 Å². The van der Waals surface area contributed by atoms with Crippen molar-refractivity contribution in [1.82, 2.24) is 9.97 Å². The van der Waals surface area contributed by atoms with Crippen LogP contribution in [-0.2, 0) is 0 Å². The highest BCUT2D eigenvalue weighted by Gasteiger charge is 2.12. The minimum Gasteiger partial charge on any atom is -0.432 e. The summed E-state index contributed by atoms with van der Waals surface area (Å²) in [7, 11) is 0. The quantitative estimate of drug-likeness (QED) is 0.700. The molecule has 0 spiro atoms. The Hall–Kier alpha value is -1.95. The van der Waals surface area contributed by atoms with Gasteiger partial charge in [0.1, 0.15) is 17.0 Å². The summed E-state index contributed by atoms with van der Waals surface area (Å²) in [5, 5.41) is 0. The molecule has 0 saturated heterocycles. The summed E-state index contributed by atoms with van der Waals surface area (Å²) >= 11 is 3.33. The Morgan fingerprint density at radius 1 is 1.28 bits per heavy atom. The fourth-order valence-electron chi connectivity index (χ4n) is 1.63. The molecule has 6 heteroatoms. The Bertz CT molecular complexity index is 724. The third kappa shape index (κ3) is 1.84. The van der Waals surface area contributed by atoms with Crippen LogP contribution in [0.25, 0.3) is 22.7 Å². The number of hydrogen-bond donors (Lipinski definition) is 1. The highest BCUT2D eigenvalue weighted by molar-refractivity contribution is 9.10. The van der Waals surface area contributed by atoms with Gasteiger partial charge in [-0.2, -0.15) is 0 Å². The molecule has 0 unspecified atom stereocenters. The first-order valence-corrected chi connectivity index (χ1v) is 5.90. The van der Waals surface area contributed by atoms with E-state index in [4.69, 9.17) is 10.2 Å². The number of rotatable bonds is 1. The second-order valence-corrected chi connectivity index (χ2v) is 4.64. The molecular formula is C12H7BrFN3O. The average molecular weight is 308 g/mol. The van der Waals surface area contributed by atoms with Crippen LogP contribution in [0.5, 0.6) is 0 Å². The largest absolute Gasteiger partial charge is 0.432 e. The van der Waals surface area contributed by atoms with E-state index in [9.17, 15) is 4.39 Å². The maximum atomic E-state index is 12.8. The molecule has 1 aromatic carbocycles. The van der Waals surface area contributed by atoms with Gasteiger partial charge in [-0.15, -0.1) is 0 Å². The van der Waals surface area contributed by atoms with Crippen molar-refractivity contribution in [1.29, 1.82) is 0 Å². The van der Waals surface area contributed by atoms with Crippen molar-refractivity contribution in [2.75, 3.05) is 5.73 Å². The lowest BCUT2D eigenvalue weighted by atomic mass is 10.3. The summed E-state index contributed by atoms with van der Waals surface area (Å²) < 4.78 is 19.1. The van der Waals surface area contributed by atoms with Crippen LogP contribution in [0.2, 0.25) is 0 Å². The van der Waals surface area contributed by atoms with Crippen LogP contribution in [0.4, 0.5) is 10.1 Å². The molecule has 90 valence electrons. The molecule has 0 saturated carbocycles. The Labute approximate surface area is 110 Å². The first kappa shape index (κ1) is 11.2. The van der Waals surface area contributed by atoms with E-state index < -0.39 is 5.82 Å². The zero-order chi connectivity index (χ0) is 12.7. The van der Waals surface area contributed by atoms with Crippen LogP contribution in [-0.4, -0.2) is 9.97 Å². The molecule has 2 aromatic heterocycles. The topological polar surface area (TPSA) is 64.9 Å². The average Bonchev–Trinajstić information content (AvgIpc) is 2.74. The van der Waals surface area contributed by atoms with Crippen LogP contribution < -0.4 is 5.73 Å². The number of halogens is 2. The summed E-state index contributed by atoms with van der Waals surface area (Å²) in [6, 6.07) is 6.33. The van der Waals surface area contributed by atoms with E-state index in [-0.39, 0.29) is 0 Å². The molecule has 2 N–H and O–H groups in total. The van der Waals surface area contributed by atoms with E-state index in [0.717, 1.165) is 10.7 Å². The number of nitrogens with two attached hydrogens (primary N) is 1. The van der Waals surface area contributed by atoms with Gasteiger partial charge in [0, 0.05) is 4.47 Å². The van der Waals surface area contributed by atoms with Gasteiger partial charge in [-0.1, -0.05) is 15.9 Å². The Kier molecular flexibility index (Phi) is 2.52. The van der Waals surface area contributed by atoms with Gasteiger partial charge < -0.3 is 10.2 Å². The fraction of sp³-hybridized carbons (Fsp3) is 0. The molecular weight excluding hydrogens is 301 g/mol. The molecule has 0 aliphatic carbocycles. The number of oxazole rings is 1. The van der Waals surface area contributed by atoms with Crippen molar-refractivity contribution in [3.8, 4) is 11.6 Å². The molecule has 0 amide bonds. The molecule has 2 heterocycles. The molecule has 3 rings (SSSR count). The fourth-order valence-corrected chi connectivity index (χ4v) is 2.10. The number of nitrogen functional groups attached to an aromatic ring is 1. The molecule has 4 nitrogen and oxygen atoms in total. The predicted octanol–water partition coefficient (Wildman–Crippen LogP) is 3.37. The first-order chi connectivity index (χ1) is 8.63. The molecule has 0 aliphatic heterocycles. The standard InChI is InChI=1S/C12H7BrFN3O/c13-6-3-8(15)11-10(4-6)17-12(18-11)9-2-1-7(14)5-16-9/h1-5H,15H2. The molecule has 0 radical (unpaired) electrons. The predicted molar refractivity (Wildman–Crippen MR) is 69.3 cm³/mol. The Morgan fingerprint density at radius 3 is 2.83 bits per heavy atom. The molecule has 0 bridgehead atoms. The number of fused-ring (bicyclic) bond motifs is 1. The van der Waals surface area contributed by atoms with Crippen molar-refractivity contribution < 1.29 is 8.81 Å². The summed E-state index contributed by atoms with van der Waals surface area (Å²) in [5.74, 6) is -0.0908. The normalized spacial score (nSPS) is 11.0. The third-order valence-corrected chi connectivity index (χ3v) is 2.89. The minimum absolute atomic E-state index is 0.315. The van der Waals surface area contributed by atoms with Gasteiger partial charge in [0.05, 0.1) is 11.9 Å². The van der Waals surface area contributed by atoms with Crippen molar-refractivity contribution in [2.24, 2.45) is 0 Å². The van der Waals surface area contributed by atoms with E-state index in [1.54, 1.807) is 12.1 Å². The smallest absolute Gasteiger partial charge is 0.246 e. The van der Waals surface area contributed by atoms with E-state index >= 15 is 0 Å². The monoisotopic (exact) mass is 307 g/mol. The second-order valence-electron chi connectivity index (χ2n) is 3.72. The summed E-state index contributed by atoms with van der Waals surface area (Å²) in [4.78, 5) is 8.18. The molecule has 0 fully saturated rings. The SMILES string of the molecule is Nc1cc(Br)cc2nc(-c3ccc(F)cn3)oc12. The van der Waals surface area contributed by atoms with Gasteiger partial charge in [0.2, 0.25) is 5.89 Å². The van der Waals surface area contributed by atoms with Gasteiger partial charge in [-0.05, 0) is 24.3 Å². The van der Waals surface area contributed by atoms with Gasteiger partial charge in [0.25, 0.3) is 0 Å². The number of aromatic nitrogens is 2. The molecule has 0 atom stereocenters. The molecule has 0 aliphatic rings. The van der Waals surface area contributed by atoms with Crippen molar-refractivity contribution in [2.45, 2.75) is 0 Å². The number of nitrogens with zero attached hydrogens (tertiary/aromatic N) is 2. The number of pyridine rings is 1. The van der Waals surface area contributed by atoms with E-state index in [0.29, 0.717) is 28.4 Å². The summed E-state index contributed by atoms with van der Waals surface area (Å²) in [5.41, 5.74) is 7.90. The van der Waals surface area contributed by atoms with Gasteiger partial charge in [0.15, 0.2) is 5.58 Å². The van der Waals surface area contributed by atoms with Crippen LogP contribution >= 0.6 is 15.9 Å².